The van der Waals surface area contributed by atoms with Gasteiger partial charge in [0.05, 0.1) is 34.6 Å². The molecule has 0 spiro atoms. The fourth-order valence-corrected chi connectivity index (χ4v) is 12.6. The summed E-state index contributed by atoms with van der Waals surface area (Å²) in [7, 11) is 0. The van der Waals surface area contributed by atoms with E-state index in [-0.39, 0.29) is 21.4 Å². The highest BCUT2D eigenvalue weighted by atomic mass is 127. The number of pyridine rings is 2. The average molecular weight is 1690 g/mol. The first-order valence-corrected chi connectivity index (χ1v) is 29.4. The minimum absolute atomic E-state index is 0.164. The summed E-state index contributed by atoms with van der Waals surface area (Å²) in [6, 6.07) is 22.9. The van der Waals surface area contributed by atoms with Crippen LogP contribution in [-0.2, 0) is 0 Å². The van der Waals surface area contributed by atoms with Crippen LogP contribution in [0.15, 0.2) is 106 Å². The second-order valence-corrected chi connectivity index (χ2v) is 22.1. The van der Waals surface area contributed by atoms with E-state index in [9.17, 15) is 26.3 Å². The van der Waals surface area contributed by atoms with Gasteiger partial charge in [-0.15, -0.1) is 20.4 Å². The molecule has 0 atom stereocenters. The fraction of sp³-hybridized carbons (Fsp3) is 0.269. The molecule has 0 N–H and O–H groups in total. The Morgan fingerprint density at radius 2 is 0.595 bits per heavy atom. The van der Waals surface area contributed by atoms with E-state index < -0.39 is 34.9 Å². The topological polar surface area (TPSA) is 122 Å². The molecule has 4 aromatic heterocycles. The largest absolute Gasteiger partial charge is 0.494 e. The molecule has 0 saturated carbocycles. The first-order chi connectivity index (χ1) is 35.7. The van der Waals surface area contributed by atoms with Crippen LogP contribution in [0.2, 0.25) is 0 Å². The molecule has 0 fully saturated rings. The summed E-state index contributed by atoms with van der Waals surface area (Å²) < 4.78 is 99.7. The van der Waals surface area contributed by atoms with Crippen LogP contribution >= 0.6 is 136 Å². The summed E-state index contributed by atoms with van der Waals surface area (Å²) in [4.78, 5) is 7.97. The summed E-state index contributed by atoms with van der Waals surface area (Å²) >= 11 is 9.06. The number of hydrogen-bond donors (Lipinski definition) is 0. The van der Waals surface area contributed by atoms with E-state index >= 15 is 0 Å². The third-order valence-corrected chi connectivity index (χ3v) is 15.9. The van der Waals surface area contributed by atoms with E-state index in [0.29, 0.717) is 23.6 Å². The van der Waals surface area contributed by atoms with Gasteiger partial charge in [-0.2, -0.15) is 0 Å². The maximum Gasteiger partial charge on any atom is 0.248 e. The molecule has 0 saturated heterocycles. The number of nitrogens with zero attached hydrogens (tertiary/aromatic N) is 6. The zero-order valence-corrected chi connectivity index (χ0v) is 52.5. The van der Waals surface area contributed by atoms with Crippen LogP contribution in [0.1, 0.15) is 78.1 Å². The molecule has 0 aliphatic rings. The molecule has 0 amide bonds. The van der Waals surface area contributed by atoms with Crippen LogP contribution in [0.25, 0.3) is 45.8 Å². The van der Waals surface area contributed by atoms with Gasteiger partial charge in [-0.3, -0.25) is 9.97 Å². The van der Waals surface area contributed by atoms with Gasteiger partial charge in [-0.25, -0.2) is 26.3 Å². The van der Waals surface area contributed by atoms with Gasteiger partial charge in [-0.1, -0.05) is 65.2 Å². The number of ether oxygens (including phenoxy) is 2. The van der Waals surface area contributed by atoms with Crippen molar-refractivity contribution in [3.8, 4) is 57.3 Å². The lowest BCUT2D eigenvalue weighted by atomic mass is 10.2. The molecule has 0 bridgehead atoms. The van der Waals surface area contributed by atoms with Crippen LogP contribution in [0.5, 0.6) is 11.5 Å². The minimum Gasteiger partial charge on any atom is -0.494 e. The van der Waals surface area contributed by atoms with Gasteiger partial charge in [-0.05, 0) is 221 Å². The predicted molar refractivity (Wildman–Crippen MR) is 323 cm³/mol. The quantitative estimate of drug-likeness (QED) is 0.0270. The van der Waals surface area contributed by atoms with Crippen LogP contribution in [0.4, 0.5) is 26.3 Å². The number of aromatic nitrogens is 6. The molecule has 392 valence electrons. The Morgan fingerprint density at radius 1 is 0.351 bits per heavy atom. The van der Waals surface area contributed by atoms with Crippen molar-refractivity contribution in [3.05, 3.63) is 154 Å². The first-order valence-electron chi connectivity index (χ1n) is 22.9. The van der Waals surface area contributed by atoms with Crippen molar-refractivity contribution in [1.82, 2.24) is 30.4 Å². The van der Waals surface area contributed by atoms with Gasteiger partial charge in [0.2, 0.25) is 23.6 Å². The van der Waals surface area contributed by atoms with Gasteiger partial charge in [0.1, 0.15) is 11.5 Å². The standard InChI is InChI=1S/2C20H23N3O2.2C6F3I3/c2*1-2-3-4-5-6-15-24-18-9-7-16(8-10-18)19-22-23-20(25-19)17-11-13-21-14-12-17;2*7-1-4(10)2(8)6(12)3(9)5(1)11/h2*7-14H,2-6,15H2,1H3;;. The highest BCUT2D eigenvalue weighted by molar-refractivity contribution is 14.1. The summed E-state index contributed by atoms with van der Waals surface area (Å²) in [5.74, 6) is -1.25. The van der Waals surface area contributed by atoms with E-state index in [1.54, 1.807) is 24.8 Å². The van der Waals surface area contributed by atoms with E-state index in [2.05, 4.69) is 44.2 Å². The number of hydrogen-bond acceptors (Lipinski definition) is 10. The van der Waals surface area contributed by atoms with Crippen LogP contribution < -0.4 is 9.47 Å². The molecule has 0 aliphatic heterocycles. The zero-order valence-electron chi connectivity index (χ0n) is 39.6. The van der Waals surface area contributed by atoms with Gasteiger partial charge in [0, 0.05) is 47.0 Å². The summed E-state index contributed by atoms with van der Waals surface area (Å²) in [5.41, 5.74) is 3.47. The number of rotatable bonds is 18. The molecular weight excluding hydrogens is 1650 g/mol. The van der Waals surface area contributed by atoms with Crippen molar-refractivity contribution < 1.29 is 44.7 Å². The molecule has 22 heteroatoms. The number of unbranched alkanes of at least 4 members (excludes halogenated alkanes) is 8. The molecule has 4 aromatic carbocycles. The summed E-state index contributed by atoms with van der Waals surface area (Å²) in [5, 5.41) is 16.4. The Balaban J connectivity index is 0.000000194. The Morgan fingerprint density at radius 3 is 0.851 bits per heavy atom. The second kappa shape index (κ2) is 32.7. The Bertz CT molecular complexity index is 2570. The molecule has 4 heterocycles. The Hall–Kier alpha value is -2.98. The van der Waals surface area contributed by atoms with Gasteiger partial charge in [0.25, 0.3) is 0 Å². The lowest BCUT2D eigenvalue weighted by molar-refractivity contribution is 0.304. The number of benzene rings is 4. The van der Waals surface area contributed by atoms with E-state index in [1.807, 2.05) is 72.8 Å². The second-order valence-electron chi connectivity index (χ2n) is 15.6. The summed E-state index contributed by atoms with van der Waals surface area (Å²) in [6.45, 7) is 5.97. The van der Waals surface area contributed by atoms with E-state index in [4.69, 9.17) is 18.3 Å². The molecule has 0 unspecified atom stereocenters. The Labute approximate surface area is 507 Å². The van der Waals surface area contributed by atoms with E-state index in [0.717, 1.165) is 59.8 Å². The molecule has 0 aliphatic carbocycles. The lowest BCUT2D eigenvalue weighted by Crippen LogP contribution is -2.01. The molecular formula is C52H46F6I6N6O4. The van der Waals surface area contributed by atoms with Gasteiger partial charge in [0.15, 0.2) is 34.9 Å². The maximum absolute atomic E-state index is 12.9. The van der Waals surface area contributed by atoms with Gasteiger partial charge >= 0.3 is 0 Å². The van der Waals surface area contributed by atoms with Crippen molar-refractivity contribution in [2.75, 3.05) is 13.2 Å². The molecule has 8 aromatic rings. The highest BCUT2D eigenvalue weighted by Gasteiger charge is 2.21. The molecule has 0 radical (unpaired) electrons. The highest BCUT2D eigenvalue weighted by Crippen LogP contribution is 2.31. The molecule has 74 heavy (non-hydrogen) atoms. The zero-order chi connectivity index (χ0) is 53.6. The smallest absolute Gasteiger partial charge is 0.248 e. The summed E-state index contributed by atoms with van der Waals surface area (Å²) in [6.07, 6.45) is 19.2. The third-order valence-electron chi connectivity index (χ3n) is 10.3. The average Bonchev–Trinajstić information content (AvgIpc) is 4.15. The number of halogens is 12. The SMILES string of the molecule is CCCCCCCOc1ccc(-c2nnc(-c3ccncc3)o2)cc1.CCCCCCCOc1ccc(-c2nnc(-c3ccncc3)o2)cc1.Fc1c(I)c(F)c(I)c(F)c1I.Fc1c(I)c(F)c(I)c(F)c1I. The van der Waals surface area contributed by atoms with Crippen LogP contribution in [0, 0.1) is 56.3 Å². The molecule has 10 nitrogen and oxygen atoms in total. The predicted octanol–water partition coefficient (Wildman–Crippen LogP) is 18.1. The normalized spacial score (nSPS) is 10.7. The maximum atomic E-state index is 12.9. The van der Waals surface area contributed by atoms with Crippen molar-refractivity contribution in [2.24, 2.45) is 0 Å². The van der Waals surface area contributed by atoms with Crippen molar-refractivity contribution >= 4 is 136 Å². The van der Waals surface area contributed by atoms with Crippen LogP contribution in [-0.4, -0.2) is 43.6 Å². The van der Waals surface area contributed by atoms with Crippen LogP contribution in [0.3, 0.4) is 0 Å². The van der Waals surface area contributed by atoms with Gasteiger partial charge < -0.3 is 18.3 Å². The van der Waals surface area contributed by atoms with Crippen molar-refractivity contribution in [1.29, 1.82) is 0 Å². The first kappa shape index (κ1) is 61.9. The van der Waals surface area contributed by atoms with Crippen molar-refractivity contribution in [3.63, 3.8) is 0 Å². The van der Waals surface area contributed by atoms with E-state index in [1.165, 1.54) is 187 Å². The monoisotopic (exact) mass is 1690 g/mol. The molecule has 8 rings (SSSR count). The lowest BCUT2D eigenvalue weighted by Gasteiger charge is -2.06. The third kappa shape index (κ3) is 18.6. The fourth-order valence-electron chi connectivity index (χ4n) is 6.24. The van der Waals surface area contributed by atoms with Crippen molar-refractivity contribution in [2.45, 2.75) is 78.1 Å². The Kier molecular flexibility index (Phi) is 27.3. The minimum atomic E-state index is -0.827.